The average molecular weight is 630 g/mol. The first-order valence-electron chi connectivity index (χ1n) is 14.5. The monoisotopic (exact) mass is 629 g/mol. The Hall–Kier alpha value is -4.75. The van der Waals surface area contributed by atoms with E-state index in [1.54, 1.807) is 46.2 Å². The molecule has 1 N–H and O–H groups in total. The molecule has 1 aliphatic rings. The van der Waals surface area contributed by atoms with Gasteiger partial charge in [0.1, 0.15) is 12.7 Å². The van der Waals surface area contributed by atoms with E-state index in [9.17, 15) is 24.0 Å². The van der Waals surface area contributed by atoms with Crippen molar-refractivity contribution < 1.29 is 52.4 Å². The third-order valence-electron chi connectivity index (χ3n) is 6.82. The molecule has 0 aromatic carbocycles. The van der Waals surface area contributed by atoms with Crippen molar-refractivity contribution in [1.82, 2.24) is 15.3 Å². The highest BCUT2D eigenvalue weighted by Crippen LogP contribution is 2.30. The van der Waals surface area contributed by atoms with E-state index >= 15 is 0 Å². The van der Waals surface area contributed by atoms with Crippen molar-refractivity contribution >= 4 is 29.8 Å². The molecule has 1 amide bonds. The number of esters is 4. The summed E-state index contributed by atoms with van der Waals surface area (Å²) in [7, 11) is 1.34. The molecule has 1 aliphatic heterocycles. The lowest BCUT2D eigenvalue weighted by Crippen LogP contribution is -2.47. The maximum Gasteiger partial charge on any atom is 0.332 e. The minimum absolute atomic E-state index is 0.110. The minimum atomic E-state index is -1.46. The lowest BCUT2D eigenvalue weighted by molar-refractivity contribution is -0.176. The highest BCUT2D eigenvalue weighted by Gasteiger charge is 2.42. The lowest BCUT2D eigenvalue weighted by atomic mass is 9.91. The number of aryl methyl sites for hydroxylation is 1. The molecule has 0 bridgehead atoms. The molecule has 0 radical (unpaired) electrons. The molecule has 0 saturated carbocycles. The first-order valence-corrected chi connectivity index (χ1v) is 14.5. The Morgan fingerprint density at radius 1 is 1.04 bits per heavy atom. The fourth-order valence-electron chi connectivity index (χ4n) is 4.27. The Morgan fingerprint density at radius 3 is 2.42 bits per heavy atom. The van der Waals surface area contributed by atoms with Gasteiger partial charge < -0.3 is 33.7 Å². The van der Waals surface area contributed by atoms with Crippen LogP contribution >= 0.6 is 0 Å². The number of pyridine rings is 2. The molecule has 4 unspecified atom stereocenters. The van der Waals surface area contributed by atoms with Crippen LogP contribution in [0.2, 0.25) is 0 Å². The van der Waals surface area contributed by atoms with Crippen LogP contribution in [0.5, 0.6) is 11.5 Å². The van der Waals surface area contributed by atoms with Gasteiger partial charge in [0.2, 0.25) is 6.79 Å². The van der Waals surface area contributed by atoms with Gasteiger partial charge in [0, 0.05) is 24.7 Å². The molecule has 1 fully saturated rings. The molecule has 2 aromatic heterocycles. The van der Waals surface area contributed by atoms with Gasteiger partial charge in [-0.25, -0.2) is 9.78 Å². The van der Waals surface area contributed by atoms with Gasteiger partial charge in [0.25, 0.3) is 5.91 Å². The molecular weight excluding hydrogens is 590 g/mol. The van der Waals surface area contributed by atoms with Crippen LogP contribution < -0.4 is 14.8 Å². The molecule has 0 aliphatic carbocycles. The Morgan fingerprint density at radius 2 is 1.78 bits per heavy atom. The summed E-state index contributed by atoms with van der Waals surface area (Å²) in [6, 6.07) is 3.58. The summed E-state index contributed by atoms with van der Waals surface area (Å²) in [6.45, 7) is 6.97. The van der Waals surface area contributed by atoms with E-state index in [4.69, 9.17) is 28.4 Å². The van der Waals surface area contributed by atoms with Crippen LogP contribution in [0, 0.1) is 17.8 Å². The number of methoxy groups -OCH3 is 1. The van der Waals surface area contributed by atoms with Crippen LogP contribution in [0.1, 0.15) is 57.1 Å². The van der Waals surface area contributed by atoms with Crippen LogP contribution in [0.25, 0.3) is 0 Å². The number of aromatic nitrogens is 2. The van der Waals surface area contributed by atoms with Crippen molar-refractivity contribution in [1.29, 1.82) is 0 Å². The Kier molecular flexibility index (Phi) is 12.6. The third-order valence-corrected chi connectivity index (χ3v) is 6.82. The zero-order valence-corrected chi connectivity index (χ0v) is 26.1. The van der Waals surface area contributed by atoms with E-state index in [-0.39, 0.29) is 23.6 Å². The number of nitrogens with one attached hydrogen (secondary N) is 1. The lowest BCUT2D eigenvalue weighted by Gasteiger charge is -2.29. The van der Waals surface area contributed by atoms with Crippen molar-refractivity contribution in [2.24, 2.45) is 17.8 Å². The van der Waals surface area contributed by atoms with E-state index in [0.717, 1.165) is 5.56 Å². The zero-order valence-electron chi connectivity index (χ0n) is 26.1. The van der Waals surface area contributed by atoms with Crippen LogP contribution in [0.4, 0.5) is 0 Å². The number of nitrogens with zero attached hydrogens (tertiary/aromatic N) is 2. The summed E-state index contributed by atoms with van der Waals surface area (Å²) in [5.74, 6) is -5.60. The second kappa shape index (κ2) is 16.4. The number of carbonyl (C=O) groups excluding carboxylic acids is 5. The molecule has 14 nitrogen and oxygen atoms in total. The van der Waals surface area contributed by atoms with Crippen molar-refractivity contribution in [2.45, 2.75) is 65.7 Å². The van der Waals surface area contributed by atoms with Crippen molar-refractivity contribution in [3.8, 4) is 11.5 Å². The van der Waals surface area contributed by atoms with Crippen LogP contribution in [0.3, 0.4) is 0 Å². The molecule has 45 heavy (non-hydrogen) atoms. The normalized spacial score (nSPS) is 20.2. The van der Waals surface area contributed by atoms with Gasteiger partial charge in [0.05, 0.1) is 24.9 Å². The fraction of sp³-hybridized carbons (Fsp3) is 0.516. The Bertz CT molecular complexity index is 1350. The largest absolute Gasteiger partial charge is 0.493 e. The average Bonchev–Trinajstić information content (AvgIpc) is 3.05. The first kappa shape index (κ1) is 34.7. The number of hydrogen-bond acceptors (Lipinski definition) is 13. The van der Waals surface area contributed by atoms with Gasteiger partial charge >= 0.3 is 23.9 Å². The van der Waals surface area contributed by atoms with E-state index in [0.29, 0.717) is 6.42 Å². The molecule has 1 saturated heterocycles. The van der Waals surface area contributed by atoms with Crippen molar-refractivity contribution in [3.05, 3.63) is 48.0 Å². The van der Waals surface area contributed by atoms with Crippen LogP contribution in [-0.4, -0.2) is 78.5 Å². The highest BCUT2D eigenvalue weighted by atomic mass is 16.7. The van der Waals surface area contributed by atoms with E-state index < -0.39 is 79.2 Å². The summed E-state index contributed by atoms with van der Waals surface area (Å²) >= 11 is 0. The van der Waals surface area contributed by atoms with Crippen LogP contribution in [-0.2, 0) is 44.5 Å². The maximum absolute atomic E-state index is 13.4. The fourth-order valence-corrected chi connectivity index (χ4v) is 4.27. The van der Waals surface area contributed by atoms with Gasteiger partial charge in [-0.15, -0.1) is 0 Å². The molecule has 244 valence electrons. The number of rotatable bonds is 12. The second-order valence-corrected chi connectivity index (χ2v) is 10.9. The predicted molar refractivity (Wildman–Crippen MR) is 156 cm³/mol. The van der Waals surface area contributed by atoms with Gasteiger partial charge in [0.15, 0.2) is 29.3 Å². The maximum atomic E-state index is 13.4. The van der Waals surface area contributed by atoms with Crippen LogP contribution in [0.15, 0.2) is 36.8 Å². The molecule has 2 aromatic rings. The van der Waals surface area contributed by atoms with E-state index in [1.165, 1.54) is 26.3 Å². The van der Waals surface area contributed by atoms with Gasteiger partial charge in [-0.1, -0.05) is 33.8 Å². The summed E-state index contributed by atoms with van der Waals surface area (Å²) in [5, 5.41) is 2.46. The Balaban J connectivity index is 1.83. The number of cyclic esters (lactones) is 2. The molecule has 0 spiro atoms. The SMILES string of the molecule is COc1ccnc(C(=O)NC2COC(=O)C(CCc3cccnc3)C(OC(=O)C(C)C)C(C)OC2=O)c1OCOC(=O)C(C)C. The molecule has 3 rings (SSSR count). The van der Waals surface area contributed by atoms with Crippen molar-refractivity contribution in [2.75, 3.05) is 20.5 Å². The minimum Gasteiger partial charge on any atom is -0.493 e. The zero-order chi connectivity index (χ0) is 33.1. The second-order valence-electron chi connectivity index (χ2n) is 10.9. The van der Waals surface area contributed by atoms with E-state index in [1.807, 2.05) is 6.07 Å². The number of ether oxygens (including phenoxy) is 6. The summed E-state index contributed by atoms with van der Waals surface area (Å²) < 4.78 is 32.6. The van der Waals surface area contributed by atoms with Crippen molar-refractivity contribution in [3.63, 3.8) is 0 Å². The number of carbonyl (C=O) groups is 5. The molecular formula is C31H39N3O11. The highest BCUT2D eigenvalue weighted by molar-refractivity contribution is 5.98. The summed E-state index contributed by atoms with van der Waals surface area (Å²) in [4.78, 5) is 72.6. The molecule has 14 heteroatoms. The topological polar surface area (TPSA) is 179 Å². The van der Waals surface area contributed by atoms with Gasteiger partial charge in [-0.2, -0.15) is 0 Å². The van der Waals surface area contributed by atoms with Gasteiger partial charge in [-0.3, -0.25) is 24.2 Å². The molecule has 3 heterocycles. The third kappa shape index (κ3) is 9.62. The van der Waals surface area contributed by atoms with Gasteiger partial charge in [-0.05, 0) is 31.4 Å². The standard InChI is InChI=1S/C31H39N3O11/c1-17(2)28(36)43-16-42-26-23(40-6)11-13-33-24(26)27(35)34-22-15-41-30(38)21(10-9-20-8-7-12-32-14-20)25(19(5)44-31(22)39)45-29(37)18(3)4/h7-8,11-14,17-19,21-22,25H,9-10,15-16H2,1-6H3,(H,34,35). The smallest absolute Gasteiger partial charge is 0.332 e. The molecule has 4 atom stereocenters. The summed E-state index contributed by atoms with van der Waals surface area (Å²) in [5.41, 5.74) is 0.553. The number of hydrogen-bond donors (Lipinski definition) is 1. The quantitative estimate of drug-likeness (QED) is 0.206. The first-order chi connectivity index (χ1) is 21.4. The van der Waals surface area contributed by atoms with E-state index in [2.05, 4.69) is 15.3 Å². The predicted octanol–water partition coefficient (Wildman–Crippen LogP) is 2.42. The Labute approximate surface area is 261 Å². The number of amides is 1. The summed E-state index contributed by atoms with van der Waals surface area (Å²) in [6.07, 6.45) is 2.94.